The van der Waals surface area contributed by atoms with Crippen molar-refractivity contribution in [3.63, 3.8) is 0 Å². The third-order valence-corrected chi connectivity index (χ3v) is 2.38. The third kappa shape index (κ3) is 1.76. The Morgan fingerprint density at radius 3 is 2.71 bits per heavy atom. The van der Waals surface area contributed by atoms with Crippen LogP contribution in [0.3, 0.4) is 0 Å². The second kappa shape index (κ2) is 3.40. The van der Waals surface area contributed by atoms with Gasteiger partial charge in [-0.15, -0.1) is 0 Å². The van der Waals surface area contributed by atoms with Crippen LogP contribution in [0.2, 0.25) is 0 Å². The Labute approximate surface area is 82.8 Å². The summed E-state index contributed by atoms with van der Waals surface area (Å²) < 4.78 is 13.1. The average molecular weight is 192 g/mol. The predicted octanol–water partition coefficient (Wildman–Crippen LogP) is 2.54. The Balaban J connectivity index is 2.25. The normalized spacial score (nSPS) is 20.5. The van der Waals surface area contributed by atoms with E-state index in [-0.39, 0.29) is 11.9 Å². The molecule has 0 saturated carbocycles. The third-order valence-electron chi connectivity index (χ3n) is 2.38. The van der Waals surface area contributed by atoms with Crippen LogP contribution in [0.1, 0.15) is 30.5 Å². The molecule has 1 aromatic carbocycles. The van der Waals surface area contributed by atoms with Gasteiger partial charge in [0.1, 0.15) is 5.82 Å². The number of halogens is 1. The van der Waals surface area contributed by atoms with Crippen LogP contribution in [-0.4, -0.2) is 5.71 Å². The Bertz CT molecular complexity index is 365. The molecule has 0 aliphatic carbocycles. The fourth-order valence-electron chi connectivity index (χ4n) is 1.73. The highest BCUT2D eigenvalue weighted by Gasteiger charge is 2.17. The minimum absolute atomic E-state index is 0.143. The number of hydrogen-bond acceptors (Lipinski definition) is 2. The molecule has 2 rings (SSSR count). The molecule has 2 nitrogen and oxygen atoms in total. The van der Waals surface area contributed by atoms with Gasteiger partial charge in [0.05, 0.1) is 6.04 Å². The van der Waals surface area contributed by atoms with Crippen LogP contribution >= 0.6 is 0 Å². The number of hydrazone groups is 1. The predicted molar refractivity (Wildman–Crippen MR) is 54.7 cm³/mol. The summed E-state index contributed by atoms with van der Waals surface area (Å²) in [4.78, 5) is 0. The van der Waals surface area contributed by atoms with Crippen LogP contribution in [0, 0.1) is 12.7 Å². The standard InChI is InChI=1S/C11H13FN2/c1-7-3-9(6-10(12)4-7)11-5-8(2)13-14-11/h3-4,6,11,14H,5H2,1-2H3. The zero-order valence-electron chi connectivity index (χ0n) is 8.34. The lowest BCUT2D eigenvalue weighted by atomic mass is 10.0. The summed E-state index contributed by atoms with van der Waals surface area (Å²) in [6.45, 7) is 3.87. The van der Waals surface area contributed by atoms with Gasteiger partial charge in [0.2, 0.25) is 0 Å². The van der Waals surface area contributed by atoms with E-state index in [9.17, 15) is 4.39 Å². The number of aryl methyl sites for hydroxylation is 1. The van der Waals surface area contributed by atoms with Crippen LogP contribution < -0.4 is 5.43 Å². The summed E-state index contributed by atoms with van der Waals surface area (Å²) in [7, 11) is 0. The largest absolute Gasteiger partial charge is 0.302 e. The smallest absolute Gasteiger partial charge is 0.123 e. The molecule has 0 bridgehead atoms. The number of hydrogen-bond donors (Lipinski definition) is 1. The Kier molecular flexibility index (Phi) is 2.23. The van der Waals surface area contributed by atoms with Crippen molar-refractivity contribution in [2.45, 2.75) is 26.3 Å². The van der Waals surface area contributed by atoms with E-state index >= 15 is 0 Å². The molecule has 0 saturated heterocycles. The highest BCUT2D eigenvalue weighted by atomic mass is 19.1. The molecule has 1 aliphatic heterocycles. The summed E-state index contributed by atoms with van der Waals surface area (Å²) in [6.07, 6.45) is 0.864. The van der Waals surface area contributed by atoms with Gasteiger partial charge in [0, 0.05) is 12.1 Å². The van der Waals surface area contributed by atoms with E-state index in [1.165, 1.54) is 6.07 Å². The van der Waals surface area contributed by atoms with Crippen LogP contribution in [0.4, 0.5) is 4.39 Å². The molecule has 1 unspecified atom stereocenters. The first-order valence-corrected chi connectivity index (χ1v) is 4.71. The number of nitrogens with one attached hydrogen (secondary N) is 1. The molecule has 0 spiro atoms. The number of benzene rings is 1. The molecule has 0 aromatic heterocycles. The molecule has 1 atom stereocenters. The molecule has 1 heterocycles. The summed E-state index contributed by atoms with van der Waals surface area (Å²) >= 11 is 0. The molecular weight excluding hydrogens is 179 g/mol. The SMILES string of the molecule is CC1=NNC(c2cc(C)cc(F)c2)C1. The van der Waals surface area contributed by atoms with Crippen LogP contribution in [0.5, 0.6) is 0 Å². The Morgan fingerprint density at radius 2 is 2.14 bits per heavy atom. The van der Waals surface area contributed by atoms with E-state index in [0.717, 1.165) is 23.3 Å². The molecule has 0 radical (unpaired) electrons. The zero-order chi connectivity index (χ0) is 10.1. The first kappa shape index (κ1) is 9.19. The fraction of sp³-hybridized carbons (Fsp3) is 0.364. The van der Waals surface area contributed by atoms with Gasteiger partial charge in [0.15, 0.2) is 0 Å². The lowest BCUT2D eigenvalue weighted by Gasteiger charge is -2.10. The van der Waals surface area contributed by atoms with Gasteiger partial charge in [-0.3, -0.25) is 0 Å². The lowest BCUT2D eigenvalue weighted by Crippen LogP contribution is -2.10. The van der Waals surface area contributed by atoms with Gasteiger partial charge >= 0.3 is 0 Å². The molecule has 0 fully saturated rings. The molecule has 1 aliphatic rings. The highest BCUT2D eigenvalue weighted by Crippen LogP contribution is 2.23. The lowest BCUT2D eigenvalue weighted by molar-refractivity contribution is 0.594. The second-order valence-electron chi connectivity index (χ2n) is 3.79. The van der Waals surface area contributed by atoms with Crippen LogP contribution in [0.15, 0.2) is 23.3 Å². The van der Waals surface area contributed by atoms with Crippen molar-refractivity contribution < 1.29 is 4.39 Å². The average Bonchev–Trinajstić information content (AvgIpc) is 2.50. The van der Waals surface area contributed by atoms with Gasteiger partial charge in [-0.2, -0.15) is 5.10 Å². The minimum atomic E-state index is -0.175. The van der Waals surface area contributed by atoms with E-state index < -0.39 is 0 Å². The van der Waals surface area contributed by atoms with Gasteiger partial charge in [-0.1, -0.05) is 6.07 Å². The van der Waals surface area contributed by atoms with Gasteiger partial charge < -0.3 is 5.43 Å². The van der Waals surface area contributed by atoms with E-state index in [1.54, 1.807) is 6.07 Å². The Morgan fingerprint density at radius 1 is 1.36 bits per heavy atom. The summed E-state index contributed by atoms with van der Waals surface area (Å²) in [5, 5.41) is 4.10. The minimum Gasteiger partial charge on any atom is -0.302 e. The van der Waals surface area contributed by atoms with Crippen molar-refractivity contribution >= 4 is 5.71 Å². The molecular formula is C11H13FN2. The monoisotopic (exact) mass is 192 g/mol. The maximum absolute atomic E-state index is 13.1. The van der Waals surface area contributed by atoms with Gasteiger partial charge in [-0.25, -0.2) is 4.39 Å². The summed E-state index contributed by atoms with van der Waals surface area (Å²) in [6, 6.07) is 5.24. The van der Waals surface area contributed by atoms with Crippen LogP contribution in [0.25, 0.3) is 0 Å². The Hall–Kier alpha value is -1.38. The van der Waals surface area contributed by atoms with Crippen molar-refractivity contribution in [2.24, 2.45) is 5.10 Å². The summed E-state index contributed by atoms with van der Waals surface area (Å²) in [5.41, 5.74) is 5.99. The van der Waals surface area contributed by atoms with Gasteiger partial charge in [0.25, 0.3) is 0 Å². The van der Waals surface area contributed by atoms with Crippen molar-refractivity contribution in [1.82, 2.24) is 5.43 Å². The van der Waals surface area contributed by atoms with Crippen molar-refractivity contribution in [3.8, 4) is 0 Å². The molecule has 14 heavy (non-hydrogen) atoms. The van der Waals surface area contributed by atoms with E-state index in [2.05, 4.69) is 10.5 Å². The molecule has 1 N–H and O–H groups in total. The molecule has 1 aromatic rings. The van der Waals surface area contributed by atoms with Gasteiger partial charge in [-0.05, 0) is 37.1 Å². The quantitative estimate of drug-likeness (QED) is 0.726. The molecule has 74 valence electrons. The first-order valence-electron chi connectivity index (χ1n) is 4.71. The molecule has 0 amide bonds. The van der Waals surface area contributed by atoms with E-state index in [0.29, 0.717) is 0 Å². The molecule has 3 heteroatoms. The first-order chi connectivity index (χ1) is 6.65. The van der Waals surface area contributed by atoms with E-state index in [1.807, 2.05) is 19.9 Å². The fourth-order valence-corrected chi connectivity index (χ4v) is 1.73. The topological polar surface area (TPSA) is 24.4 Å². The number of rotatable bonds is 1. The highest BCUT2D eigenvalue weighted by molar-refractivity contribution is 5.83. The summed E-state index contributed by atoms with van der Waals surface area (Å²) in [5.74, 6) is -0.175. The maximum atomic E-state index is 13.1. The zero-order valence-corrected chi connectivity index (χ0v) is 8.34. The van der Waals surface area contributed by atoms with Crippen LogP contribution in [-0.2, 0) is 0 Å². The second-order valence-corrected chi connectivity index (χ2v) is 3.79. The van der Waals surface area contributed by atoms with E-state index in [4.69, 9.17) is 0 Å². The van der Waals surface area contributed by atoms with Crippen molar-refractivity contribution in [3.05, 3.63) is 35.1 Å². The number of nitrogens with zero attached hydrogens (tertiary/aromatic N) is 1. The maximum Gasteiger partial charge on any atom is 0.123 e. The van der Waals surface area contributed by atoms with Crippen molar-refractivity contribution in [2.75, 3.05) is 0 Å². The van der Waals surface area contributed by atoms with Crippen molar-refractivity contribution in [1.29, 1.82) is 0 Å².